The minimum absolute atomic E-state index is 0.134. The first-order valence-corrected chi connectivity index (χ1v) is 7.57. The predicted molar refractivity (Wildman–Crippen MR) is 85.0 cm³/mol. The number of amides is 2. The number of benzene rings is 1. The van der Waals surface area contributed by atoms with E-state index in [4.69, 9.17) is 4.74 Å². The van der Waals surface area contributed by atoms with Crippen LogP contribution in [0.4, 0.5) is 5.13 Å². The van der Waals surface area contributed by atoms with Gasteiger partial charge in [-0.1, -0.05) is 18.2 Å². The van der Waals surface area contributed by atoms with Crippen molar-refractivity contribution in [2.45, 2.75) is 19.9 Å². The summed E-state index contributed by atoms with van der Waals surface area (Å²) in [5, 5.41) is 7.68. The highest BCUT2D eigenvalue weighted by molar-refractivity contribution is 7.13. The van der Waals surface area contributed by atoms with Crippen molar-refractivity contribution in [2.24, 2.45) is 0 Å². The number of hydrogen-bond acceptors (Lipinski definition) is 5. The molecule has 7 heteroatoms. The molecule has 2 aromatic rings. The van der Waals surface area contributed by atoms with E-state index in [1.54, 1.807) is 12.5 Å². The summed E-state index contributed by atoms with van der Waals surface area (Å²) in [6.45, 7) is 1.81. The maximum Gasteiger partial charge on any atom is 0.226 e. The number of thiazole rings is 1. The summed E-state index contributed by atoms with van der Waals surface area (Å²) in [6.07, 6.45) is 0.172. The van der Waals surface area contributed by atoms with Crippen molar-refractivity contribution in [3.8, 4) is 5.75 Å². The minimum atomic E-state index is -0.179. The molecule has 116 valence electrons. The number of hydrogen-bond donors (Lipinski definition) is 2. The Kier molecular flexibility index (Phi) is 5.48. The maximum absolute atomic E-state index is 11.9. The summed E-state index contributed by atoms with van der Waals surface area (Å²) in [4.78, 5) is 27.1. The van der Waals surface area contributed by atoms with Gasteiger partial charge in [0.15, 0.2) is 5.13 Å². The lowest BCUT2D eigenvalue weighted by molar-refractivity contribution is -0.120. The summed E-state index contributed by atoms with van der Waals surface area (Å²) >= 11 is 1.30. The Bertz CT molecular complexity index is 670. The van der Waals surface area contributed by atoms with Gasteiger partial charge in [0.05, 0.1) is 19.2 Å². The number of nitrogens with zero attached hydrogens (tertiary/aromatic N) is 1. The second-order valence-corrected chi connectivity index (χ2v) is 5.45. The van der Waals surface area contributed by atoms with E-state index in [-0.39, 0.29) is 18.2 Å². The van der Waals surface area contributed by atoms with E-state index < -0.39 is 0 Å². The molecular formula is C15H17N3O3S. The van der Waals surface area contributed by atoms with E-state index in [9.17, 15) is 9.59 Å². The van der Waals surface area contributed by atoms with Gasteiger partial charge in [0.1, 0.15) is 5.75 Å². The van der Waals surface area contributed by atoms with Gasteiger partial charge >= 0.3 is 0 Å². The van der Waals surface area contributed by atoms with Gasteiger partial charge < -0.3 is 15.4 Å². The Morgan fingerprint density at radius 1 is 1.32 bits per heavy atom. The van der Waals surface area contributed by atoms with Gasteiger partial charge in [-0.2, -0.15) is 0 Å². The van der Waals surface area contributed by atoms with Gasteiger partial charge in [-0.3, -0.25) is 9.59 Å². The summed E-state index contributed by atoms with van der Waals surface area (Å²) < 4.78 is 5.23. The average Bonchev–Trinajstić information content (AvgIpc) is 2.91. The van der Waals surface area contributed by atoms with Gasteiger partial charge in [-0.25, -0.2) is 4.98 Å². The molecule has 0 saturated heterocycles. The van der Waals surface area contributed by atoms with Crippen LogP contribution < -0.4 is 15.4 Å². The number of ether oxygens (including phenoxy) is 1. The summed E-state index contributed by atoms with van der Waals surface area (Å²) in [5.41, 5.74) is 1.54. The molecule has 0 spiro atoms. The molecule has 0 bridgehead atoms. The van der Waals surface area contributed by atoms with E-state index in [0.29, 0.717) is 17.4 Å². The van der Waals surface area contributed by atoms with Crippen LogP contribution >= 0.6 is 11.3 Å². The molecule has 0 atom stereocenters. The standard InChI is InChI=1S/C15H17N3O3S/c1-10(19)17-15-18-12(9-22-15)7-14(20)16-8-11-5-3-4-6-13(11)21-2/h3-6,9H,7-8H2,1-2H3,(H,16,20)(H,17,18,19). The molecule has 0 aliphatic rings. The molecule has 1 aromatic heterocycles. The van der Waals surface area contributed by atoms with Crippen LogP contribution in [0.2, 0.25) is 0 Å². The smallest absolute Gasteiger partial charge is 0.226 e. The van der Waals surface area contributed by atoms with Crippen LogP contribution in [0, 0.1) is 0 Å². The number of carbonyl (C=O) groups is 2. The molecule has 0 radical (unpaired) electrons. The topological polar surface area (TPSA) is 80.3 Å². The van der Waals surface area contributed by atoms with Gasteiger partial charge in [0, 0.05) is 24.4 Å². The van der Waals surface area contributed by atoms with Crippen molar-refractivity contribution in [1.29, 1.82) is 0 Å². The van der Waals surface area contributed by atoms with Gasteiger partial charge in [0.25, 0.3) is 0 Å². The second kappa shape index (κ2) is 7.56. The van der Waals surface area contributed by atoms with Crippen molar-refractivity contribution in [2.75, 3.05) is 12.4 Å². The van der Waals surface area contributed by atoms with E-state index in [1.807, 2.05) is 24.3 Å². The molecule has 0 aliphatic heterocycles. The molecule has 0 fully saturated rings. The monoisotopic (exact) mass is 319 g/mol. The normalized spacial score (nSPS) is 10.1. The van der Waals surface area contributed by atoms with Crippen molar-refractivity contribution >= 4 is 28.3 Å². The lowest BCUT2D eigenvalue weighted by atomic mass is 10.2. The summed E-state index contributed by atoms with van der Waals surface area (Å²) in [7, 11) is 1.60. The van der Waals surface area contributed by atoms with Gasteiger partial charge in [-0.05, 0) is 6.07 Å². The molecular weight excluding hydrogens is 302 g/mol. The largest absolute Gasteiger partial charge is 0.496 e. The number of nitrogens with one attached hydrogen (secondary N) is 2. The SMILES string of the molecule is COc1ccccc1CNC(=O)Cc1csc(NC(C)=O)n1. The molecule has 22 heavy (non-hydrogen) atoms. The van der Waals surface area contributed by atoms with E-state index in [0.717, 1.165) is 11.3 Å². The highest BCUT2D eigenvalue weighted by atomic mass is 32.1. The lowest BCUT2D eigenvalue weighted by Crippen LogP contribution is -2.24. The third-order valence-corrected chi connectivity index (χ3v) is 3.65. The molecule has 1 aromatic carbocycles. The highest BCUT2D eigenvalue weighted by Crippen LogP contribution is 2.17. The van der Waals surface area contributed by atoms with E-state index in [1.165, 1.54) is 18.3 Å². The minimum Gasteiger partial charge on any atom is -0.496 e. The number of aromatic nitrogens is 1. The van der Waals surface area contributed by atoms with Crippen LogP contribution in [-0.2, 0) is 22.6 Å². The van der Waals surface area contributed by atoms with Crippen molar-refractivity contribution in [3.05, 3.63) is 40.9 Å². The quantitative estimate of drug-likeness (QED) is 0.853. The Hall–Kier alpha value is -2.41. The number of para-hydroxylation sites is 1. The predicted octanol–water partition coefficient (Wildman–Crippen LogP) is 1.97. The van der Waals surface area contributed by atoms with Crippen molar-refractivity contribution < 1.29 is 14.3 Å². The maximum atomic E-state index is 11.9. The Morgan fingerprint density at radius 3 is 2.82 bits per heavy atom. The Balaban J connectivity index is 1.87. The fourth-order valence-corrected chi connectivity index (χ4v) is 2.62. The Labute approximate surface area is 132 Å². The molecule has 6 nitrogen and oxygen atoms in total. The van der Waals surface area contributed by atoms with Crippen molar-refractivity contribution in [1.82, 2.24) is 10.3 Å². The first-order valence-electron chi connectivity index (χ1n) is 6.69. The zero-order valence-corrected chi connectivity index (χ0v) is 13.2. The third kappa shape index (κ3) is 4.56. The van der Waals surface area contributed by atoms with Crippen LogP contribution in [-0.4, -0.2) is 23.9 Å². The van der Waals surface area contributed by atoms with E-state index >= 15 is 0 Å². The number of anilines is 1. The molecule has 0 aliphatic carbocycles. The molecule has 0 unspecified atom stereocenters. The Morgan fingerprint density at radius 2 is 2.09 bits per heavy atom. The van der Waals surface area contributed by atoms with Crippen LogP contribution in [0.15, 0.2) is 29.6 Å². The van der Waals surface area contributed by atoms with Crippen LogP contribution in [0.1, 0.15) is 18.2 Å². The van der Waals surface area contributed by atoms with Crippen molar-refractivity contribution in [3.63, 3.8) is 0 Å². The van der Waals surface area contributed by atoms with Gasteiger partial charge in [0.2, 0.25) is 11.8 Å². The molecule has 2 N–H and O–H groups in total. The molecule has 2 amide bonds. The molecule has 1 heterocycles. The van der Waals surface area contributed by atoms with Gasteiger partial charge in [-0.15, -0.1) is 11.3 Å². The average molecular weight is 319 g/mol. The first-order chi connectivity index (χ1) is 10.6. The number of rotatable bonds is 6. The highest BCUT2D eigenvalue weighted by Gasteiger charge is 2.09. The number of methoxy groups -OCH3 is 1. The molecule has 2 rings (SSSR count). The first kappa shape index (κ1) is 16.0. The van der Waals surface area contributed by atoms with Crippen LogP contribution in [0.25, 0.3) is 0 Å². The fraction of sp³-hybridized carbons (Fsp3) is 0.267. The third-order valence-electron chi connectivity index (χ3n) is 2.84. The second-order valence-electron chi connectivity index (χ2n) is 4.59. The zero-order valence-electron chi connectivity index (χ0n) is 12.4. The van der Waals surface area contributed by atoms with Crippen LogP contribution in [0.3, 0.4) is 0 Å². The fourth-order valence-electron chi connectivity index (χ4n) is 1.87. The summed E-state index contributed by atoms with van der Waals surface area (Å²) in [6, 6.07) is 7.52. The molecule has 0 saturated carbocycles. The lowest BCUT2D eigenvalue weighted by Gasteiger charge is -2.09. The van der Waals surface area contributed by atoms with Crippen LogP contribution in [0.5, 0.6) is 5.75 Å². The van der Waals surface area contributed by atoms with E-state index in [2.05, 4.69) is 15.6 Å². The zero-order chi connectivity index (χ0) is 15.9. The summed E-state index contributed by atoms with van der Waals surface area (Å²) in [5.74, 6) is 0.427. The number of carbonyl (C=O) groups excluding carboxylic acids is 2.